The van der Waals surface area contributed by atoms with E-state index in [9.17, 15) is 13.0 Å². The molecule has 2 aromatic carbocycles. The Morgan fingerprint density at radius 1 is 1.04 bits per heavy atom. The second-order valence-electron chi connectivity index (χ2n) is 5.58. The minimum absolute atomic E-state index is 0.302. The van der Waals surface area contributed by atoms with Gasteiger partial charge in [-0.15, -0.1) is 0 Å². The third kappa shape index (κ3) is 3.63. The highest BCUT2D eigenvalue weighted by molar-refractivity contribution is 7.85. The van der Waals surface area contributed by atoms with E-state index in [1.54, 1.807) is 0 Å². The Labute approximate surface area is 135 Å². The first-order chi connectivity index (χ1) is 10.9. The van der Waals surface area contributed by atoms with E-state index in [2.05, 4.69) is 6.07 Å². The summed E-state index contributed by atoms with van der Waals surface area (Å²) in [6.45, 7) is 1.86. The van der Waals surface area contributed by atoms with E-state index in [0.29, 0.717) is 12.8 Å². The van der Waals surface area contributed by atoms with Crippen LogP contribution in [0.1, 0.15) is 17.7 Å². The zero-order valence-electron chi connectivity index (χ0n) is 12.8. The molecule has 0 spiro atoms. The van der Waals surface area contributed by atoms with Crippen LogP contribution in [0.2, 0.25) is 0 Å². The number of rotatable bonds is 5. The summed E-state index contributed by atoms with van der Waals surface area (Å²) in [5.74, 6) is 0.422. The Morgan fingerprint density at radius 2 is 1.78 bits per heavy atom. The summed E-state index contributed by atoms with van der Waals surface area (Å²) in [6.07, 6.45) is 0.815. The van der Waals surface area contributed by atoms with E-state index < -0.39 is 10.1 Å². The van der Waals surface area contributed by atoms with Crippen LogP contribution in [0.5, 0.6) is 0 Å². The molecule has 0 aliphatic heterocycles. The van der Waals surface area contributed by atoms with Crippen LogP contribution >= 0.6 is 0 Å². The Hall–Kier alpha value is -2.11. The molecule has 0 radical (unpaired) electrons. The van der Waals surface area contributed by atoms with E-state index >= 15 is 0 Å². The Bertz CT molecular complexity index is 924. The second-order valence-corrected chi connectivity index (χ2v) is 7.10. The summed E-state index contributed by atoms with van der Waals surface area (Å²) in [5.41, 5.74) is 3.95. The first-order valence-corrected chi connectivity index (χ1v) is 9.03. The van der Waals surface area contributed by atoms with E-state index in [0.717, 1.165) is 33.4 Å². The molecule has 23 heavy (non-hydrogen) atoms. The summed E-state index contributed by atoms with van der Waals surface area (Å²) < 4.78 is 38.1. The molecule has 3 aromatic rings. The van der Waals surface area contributed by atoms with E-state index in [1.165, 1.54) is 0 Å². The summed E-state index contributed by atoms with van der Waals surface area (Å²) in [4.78, 5) is 0. The van der Waals surface area contributed by atoms with E-state index in [-0.39, 0.29) is 5.75 Å². The Kier molecular flexibility index (Phi) is 4.24. The molecule has 0 saturated heterocycles. The first-order valence-electron chi connectivity index (χ1n) is 7.45. The lowest BCUT2D eigenvalue weighted by atomic mass is 10.0. The van der Waals surface area contributed by atoms with Gasteiger partial charge in [-0.3, -0.25) is 0 Å². The maximum Gasteiger partial charge on any atom is 0.134 e. The monoisotopic (exact) mass is 329 g/mol. The van der Waals surface area contributed by atoms with Crippen molar-refractivity contribution in [3.8, 4) is 11.1 Å². The quantitative estimate of drug-likeness (QED) is 0.666. The van der Waals surface area contributed by atoms with Crippen LogP contribution in [-0.2, 0) is 16.5 Å². The van der Waals surface area contributed by atoms with Crippen LogP contribution in [0.25, 0.3) is 22.1 Å². The smallest absolute Gasteiger partial charge is 0.134 e. The second kappa shape index (κ2) is 6.18. The lowest BCUT2D eigenvalue weighted by Crippen LogP contribution is -2.05. The van der Waals surface area contributed by atoms with E-state index in [4.69, 9.17) is 4.42 Å². The molecule has 0 unspecified atom stereocenters. The van der Waals surface area contributed by atoms with Gasteiger partial charge in [-0.25, -0.2) is 8.42 Å². The fraction of sp³-hybridized carbons (Fsp3) is 0.222. The van der Waals surface area contributed by atoms with Crippen molar-refractivity contribution < 1.29 is 17.4 Å². The van der Waals surface area contributed by atoms with Gasteiger partial charge < -0.3 is 8.97 Å². The number of aryl methyl sites for hydroxylation is 2. The zero-order valence-corrected chi connectivity index (χ0v) is 13.6. The summed E-state index contributed by atoms with van der Waals surface area (Å²) in [7, 11) is -4.18. The van der Waals surface area contributed by atoms with Crippen LogP contribution in [-0.4, -0.2) is 18.7 Å². The molecular weight excluding hydrogens is 312 g/mol. The topological polar surface area (TPSA) is 70.3 Å². The predicted octanol–water partition coefficient (Wildman–Crippen LogP) is 3.89. The highest BCUT2D eigenvalue weighted by Crippen LogP contribution is 2.31. The molecule has 1 aromatic heterocycles. The molecule has 0 aliphatic carbocycles. The number of fused-ring (bicyclic) bond motifs is 1. The van der Waals surface area contributed by atoms with Crippen molar-refractivity contribution in [2.75, 3.05) is 5.75 Å². The van der Waals surface area contributed by atoms with Gasteiger partial charge in [0.2, 0.25) is 0 Å². The lowest BCUT2D eigenvalue weighted by Gasteiger charge is -2.06. The zero-order chi connectivity index (χ0) is 16.4. The molecule has 5 heteroatoms. The number of hydrogen-bond acceptors (Lipinski definition) is 4. The molecule has 0 N–H and O–H groups in total. The average molecular weight is 329 g/mol. The van der Waals surface area contributed by atoms with Crippen molar-refractivity contribution in [2.24, 2.45) is 0 Å². The van der Waals surface area contributed by atoms with Gasteiger partial charge in [0, 0.05) is 16.7 Å². The summed E-state index contributed by atoms with van der Waals surface area (Å²) in [6, 6.07) is 16.0. The standard InChI is InChI=1S/C18H18O4S/c1-13-16(8-5-11-23(19,20)21)17-12-15(9-10-18(17)22-13)14-6-3-2-4-7-14/h2-4,6-7,9-10,12H,5,8,11H2,1H3,(H,19,20,21)/p-1. The summed E-state index contributed by atoms with van der Waals surface area (Å²) in [5, 5.41) is 0.979. The summed E-state index contributed by atoms with van der Waals surface area (Å²) >= 11 is 0. The van der Waals surface area contributed by atoms with Gasteiger partial charge in [0.25, 0.3) is 0 Å². The highest BCUT2D eigenvalue weighted by Gasteiger charge is 2.12. The third-order valence-corrected chi connectivity index (χ3v) is 4.71. The van der Waals surface area contributed by atoms with Crippen LogP contribution in [0.15, 0.2) is 52.9 Å². The number of furan rings is 1. The number of benzene rings is 2. The molecule has 0 aliphatic rings. The molecule has 1 heterocycles. The van der Waals surface area contributed by atoms with Gasteiger partial charge in [0.15, 0.2) is 0 Å². The maximum atomic E-state index is 10.8. The molecule has 0 bridgehead atoms. The third-order valence-electron chi connectivity index (χ3n) is 3.92. The van der Waals surface area contributed by atoms with Gasteiger partial charge in [0.1, 0.15) is 11.3 Å². The van der Waals surface area contributed by atoms with Crippen LogP contribution < -0.4 is 0 Å². The minimum Gasteiger partial charge on any atom is -0.748 e. The molecule has 3 rings (SSSR count). The van der Waals surface area contributed by atoms with Gasteiger partial charge in [-0.05, 0) is 43.0 Å². The van der Waals surface area contributed by atoms with Gasteiger partial charge >= 0.3 is 0 Å². The van der Waals surface area contributed by atoms with Crippen molar-refractivity contribution in [2.45, 2.75) is 19.8 Å². The van der Waals surface area contributed by atoms with E-state index in [1.807, 2.05) is 49.4 Å². The van der Waals surface area contributed by atoms with Crippen LogP contribution in [0, 0.1) is 6.92 Å². The SMILES string of the molecule is Cc1oc2ccc(-c3ccccc3)cc2c1CCCS(=O)(=O)[O-]. The largest absolute Gasteiger partial charge is 0.748 e. The fourth-order valence-corrected chi connectivity index (χ4v) is 3.32. The fourth-order valence-electron chi connectivity index (χ4n) is 2.82. The molecule has 0 amide bonds. The van der Waals surface area contributed by atoms with Crippen LogP contribution in [0.4, 0.5) is 0 Å². The highest BCUT2D eigenvalue weighted by atomic mass is 32.2. The van der Waals surface area contributed by atoms with Gasteiger partial charge in [-0.2, -0.15) is 0 Å². The van der Waals surface area contributed by atoms with Crippen molar-refractivity contribution in [1.82, 2.24) is 0 Å². The average Bonchev–Trinajstić information content (AvgIpc) is 2.82. The van der Waals surface area contributed by atoms with Crippen molar-refractivity contribution in [3.63, 3.8) is 0 Å². The van der Waals surface area contributed by atoms with Crippen LogP contribution in [0.3, 0.4) is 0 Å². The molecular formula is C18H17O4S-. The molecule has 4 nitrogen and oxygen atoms in total. The lowest BCUT2D eigenvalue weighted by molar-refractivity contribution is 0.461. The minimum atomic E-state index is -4.18. The van der Waals surface area contributed by atoms with Gasteiger partial charge in [-0.1, -0.05) is 36.4 Å². The molecule has 0 saturated carbocycles. The predicted molar refractivity (Wildman–Crippen MR) is 89.3 cm³/mol. The maximum absolute atomic E-state index is 10.8. The van der Waals surface area contributed by atoms with Crippen molar-refractivity contribution in [1.29, 1.82) is 0 Å². The number of hydrogen-bond donors (Lipinski definition) is 0. The first kappa shape index (κ1) is 15.8. The normalized spacial score (nSPS) is 11.9. The van der Waals surface area contributed by atoms with Gasteiger partial charge in [0.05, 0.1) is 10.1 Å². The van der Waals surface area contributed by atoms with Crippen molar-refractivity contribution >= 4 is 21.1 Å². The van der Waals surface area contributed by atoms with Crippen molar-refractivity contribution in [3.05, 3.63) is 59.9 Å². The molecule has 0 atom stereocenters. The molecule has 120 valence electrons. The molecule has 0 fully saturated rings. The Balaban J connectivity index is 1.96. The Morgan fingerprint density at radius 3 is 2.48 bits per heavy atom.